The molecule has 0 radical (unpaired) electrons. The lowest BCUT2D eigenvalue weighted by atomic mass is 10.2. The average Bonchev–Trinajstić information content (AvgIpc) is 3.18. The number of thiazole rings is 1. The van der Waals surface area contributed by atoms with Crippen LogP contribution in [0.1, 0.15) is 12.8 Å². The van der Waals surface area contributed by atoms with Crippen LogP contribution < -0.4 is 5.32 Å². The fourth-order valence-corrected chi connectivity index (χ4v) is 2.73. The van der Waals surface area contributed by atoms with Gasteiger partial charge in [0.15, 0.2) is 5.13 Å². The molecule has 118 valence electrons. The molecule has 3 aromatic rings. The zero-order chi connectivity index (χ0) is 16.2. The maximum Gasteiger partial charge on any atom is 0.345 e. The summed E-state index contributed by atoms with van der Waals surface area (Å²) in [5.74, 6) is 1.03. The predicted molar refractivity (Wildman–Crippen MR) is 85.3 cm³/mol. The maximum atomic E-state index is 10.6. The zero-order valence-electron chi connectivity index (χ0n) is 12.2. The molecule has 0 aliphatic carbocycles. The van der Waals surface area contributed by atoms with Gasteiger partial charge in [0.2, 0.25) is 11.7 Å². The van der Waals surface area contributed by atoms with Crippen molar-refractivity contribution in [2.24, 2.45) is 0 Å². The molecule has 0 amide bonds. The van der Waals surface area contributed by atoms with E-state index in [9.17, 15) is 10.1 Å². The van der Waals surface area contributed by atoms with Gasteiger partial charge in [0.05, 0.1) is 4.92 Å². The lowest BCUT2D eigenvalue weighted by molar-refractivity contribution is -0.380. The molecule has 1 N–H and O–H groups in total. The van der Waals surface area contributed by atoms with Gasteiger partial charge in [0, 0.05) is 18.0 Å². The van der Waals surface area contributed by atoms with Gasteiger partial charge in [0.25, 0.3) is 0 Å². The highest BCUT2D eigenvalue weighted by molar-refractivity contribution is 7.18. The Morgan fingerprint density at radius 2 is 2.17 bits per heavy atom. The van der Waals surface area contributed by atoms with E-state index in [4.69, 9.17) is 4.52 Å². The Hall–Kier alpha value is -2.81. The molecule has 0 unspecified atom stereocenters. The second kappa shape index (κ2) is 6.53. The summed E-state index contributed by atoms with van der Waals surface area (Å²) < 4.78 is 5.24. The van der Waals surface area contributed by atoms with Gasteiger partial charge in [-0.3, -0.25) is 10.1 Å². The van der Waals surface area contributed by atoms with Gasteiger partial charge in [-0.1, -0.05) is 35.5 Å². The summed E-state index contributed by atoms with van der Waals surface area (Å²) in [6.07, 6.45) is 1.73. The van der Waals surface area contributed by atoms with Crippen LogP contribution in [0.5, 0.6) is 0 Å². The van der Waals surface area contributed by atoms with Crippen molar-refractivity contribution < 1.29 is 9.45 Å². The van der Waals surface area contributed by atoms with Crippen molar-refractivity contribution in [3.8, 4) is 11.4 Å². The smallest absolute Gasteiger partial charge is 0.345 e. The molecule has 3 rings (SSSR count). The van der Waals surface area contributed by atoms with E-state index in [1.54, 1.807) is 0 Å². The summed E-state index contributed by atoms with van der Waals surface area (Å²) in [5.41, 5.74) is 0.888. The number of hydrogen-bond donors (Lipinski definition) is 1. The average molecular weight is 331 g/mol. The number of hydrogen-bond acceptors (Lipinski definition) is 8. The molecule has 0 fully saturated rings. The molecule has 1 atom stereocenters. The monoisotopic (exact) mass is 331 g/mol. The molecule has 23 heavy (non-hydrogen) atoms. The molecule has 1 aromatic carbocycles. The fraction of sp³-hybridized carbons (Fsp3) is 0.214. The van der Waals surface area contributed by atoms with Crippen molar-refractivity contribution in [3.05, 3.63) is 52.5 Å². The molecule has 0 spiro atoms. The van der Waals surface area contributed by atoms with Crippen LogP contribution in [-0.2, 0) is 6.42 Å². The van der Waals surface area contributed by atoms with E-state index in [1.165, 1.54) is 6.20 Å². The second-order valence-electron chi connectivity index (χ2n) is 4.89. The van der Waals surface area contributed by atoms with Crippen LogP contribution in [0.4, 0.5) is 10.1 Å². The van der Waals surface area contributed by atoms with E-state index in [2.05, 4.69) is 20.4 Å². The largest absolute Gasteiger partial charge is 0.358 e. The van der Waals surface area contributed by atoms with Crippen LogP contribution in [0.3, 0.4) is 0 Å². The third-order valence-corrected chi connectivity index (χ3v) is 3.90. The van der Waals surface area contributed by atoms with Crippen LogP contribution in [0, 0.1) is 10.1 Å². The first-order valence-corrected chi connectivity index (χ1v) is 7.68. The summed E-state index contributed by atoms with van der Waals surface area (Å²) in [6, 6.07) is 9.50. The Labute approximate surface area is 135 Å². The Morgan fingerprint density at radius 1 is 1.39 bits per heavy atom. The van der Waals surface area contributed by atoms with Gasteiger partial charge in [-0.2, -0.15) is 4.98 Å². The van der Waals surface area contributed by atoms with E-state index < -0.39 is 4.92 Å². The minimum absolute atomic E-state index is 0.00357. The molecule has 8 nitrogen and oxygen atoms in total. The first-order valence-electron chi connectivity index (χ1n) is 6.86. The van der Waals surface area contributed by atoms with Gasteiger partial charge >= 0.3 is 5.00 Å². The number of anilines is 1. The number of aromatic nitrogens is 3. The van der Waals surface area contributed by atoms with Gasteiger partial charge in [-0.15, -0.1) is 0 Å². The van der Waals surface area contributed by atoms with Crippen molar-refractivity contribution in [2.45, 2.75) is 19.4 Å². The minimum Gasteiger partial charge on any atom is -0.358 e. The Kier molecular flexibility index (Phi) is 4.29. The van der Waals surface area contributed by atoms with E-state index in [1.807, 2.05) is 37.3 Å². The quantitative estimate of drug-likeness (QED) is 0.546. The van der Waals surface area contributed by atoms with Crippen LogP contribution in [-0.4, -0.2) is 26.1 Å². The first kappa shape index (κ1) is 15.1. The number of rotatable bonds is 6. The summed E-state index contributed by atoms with van der Waals surface area (Å²) in [6.45, 7) is 1.92. The lowest BCUT2D eigenvalue weighted by Crippen LogP contribution is -2.18. The summed E-state index contributed by atoms with van der Waals surface area (Å²) in [4.78, 5) is 18.5. The SMILES string of the molecule is C[C@@H](Cc1nc(-c2ccccc2)no1)Nc1ncc([N+](=O)[O-])s1. The molecule has 9 heteroatoms. The highest BCUT2D eigenvalue weighted by Gasteiger charge is 2.15. The molecule has 0 saturated heterocycles. The zero-order valence-corrected chi connectivity index (χ0v) is 13.0. The van der Waals surface area contributed by atoms with E-state index >= 15 is 0 Å². The molecule has 0 bridgehead atoms. The normalized spacial score (nSPS) is 12.0. The molecule has 0 aliphatic heterocycles. The molecule has 2 heterocycles. The summed E-state index contributed by atoms with van der Waals surface area (Å²) in [5, 5.41) is 18.2. The first-order chi connectivity index (χ1) is 11.1. The van der Waals surface area contributed by atoms with Crippen LogP contribution in [0.15, 0.2) is 41.1 Å². The third-order valence-electron chi connectivity index (χ3n) is 3.02. The molecular weight excluding hydrogens is 318 g/mol. The van der Waals surface area contributed by atoms with Gasteiger partial charge in [0.1, 0.15) is 6.20 Å². The van der Waals surface area contributed by atoms with Crippen LogP contribution in [0.25, 0.3) is 11.4 Å². The van der Waals surface area contributed by atoms with Crippen molar-refractivity contribution in [1.29, 1.82) is 0 Å². The molecule has 0 saturated carbocycles. The molecule has 2 aromatic heterocycles. The summed E-state index contributed by atoms with van der Waals surface area (Å²) >= 11 is 0.994. The van der Waals surface area contributed by atoms with Crippen molar-refractivity contribution in [2.75, 3.05) is 5.32 Å². The Bertz CT molecular complexity index is 802. The van der Waals surface area contributed by atoms with Crippen LogP contribution >= 0.6 is 11.3 Å². The topological polar surface area (TPSA) is 107 Å². The molecular formula is C14H13N5O3S. The highest BCUT2D eigenvalue weighted by Crippen LogP contribution is 2.25. The number of nitro groups is 1. The highest BCUT2D eigenvalue weighted by atomic mass is 32.1. The van der Waals surface area contributed by atoms with E-state index in [0.29, 0.717) is 23.3 Å². The Balaban J connectivity index is 1.62. The fourth-order valence-electron chi connectivity index (χ4n) is 1.98. The lowest BCUT2D eigenvalue weighted by Gasteiger charge is -2.09. The van der Waals surface area contributed by atoms with E-state index in [0.717, 1.165) is 16.9 Å². The van der Waals surface area contributed by atoms with Gasteiger partial charge in [-0.05, 0) is 18.3 Å². The predicted octanol–water partition coefficient (Wildman–Crippen LogP) is 3.14. The third kappa shape index (κ3) is 3.69. The second-order valence-corrected chi connectivity index (χ2v) is 5.90. The minimum atomic E-state index is -0.461. The van der Waals surface area contributed by atoms with Gasteiger partial charge in [-0.25, -0.2) is 4.98 Å². The van der Waals surface area contributed by atoms with Crippen molar-refractivity contribution >= 4 is 21.5 Å². The number of benzene rings is 1. The number of nitrogens with one attached hydrogen (secondary N) is 1. The number of nitrogens with zero attached hydrogens (tertiary/aromatic N) is 4. The summed E-state index contributed by atoms with van der Waals surface area (Å²) in [7, 11) is 0. The Morgan fingerprint density at radius 3 is 2.87 bits per heavy atom. The van der Waals surface area contributed by atoms with Gasteiger partial charge < -0.3 is 9.84 Å². The van der Waals surface area contributed by atoms with E-state index in [-0.39, 0.29) is 11.0 Å². The van der Waals surface area contributed by atoms with Crippen molar-refractivity contribution in [1.82, 2.24) is 15.1 Å². The standard InChI is InChI=1S/C14H13N5O3S/c1-9(16-14-15-8-12(23-14)19(20)21)7-11-17-13(18-22-11)10-5-3-2-4-6-10/h2-6,8-9H,7H2,1H3,(H,15,16)/t9-/m0/s1. The van der Waals surface area contributed by atoms with Crippen LogP contribution in [0.2, 0.25) is 0 Å². The maximum absolute atomic E-state index is 10.6. The van der Waals surface area contributed by atoms with Crippen molar-refractivity contribution in [3.63, 3.8) is 0 Å². The molecule has 0 aliphatic rings.